The highest BCUT2D eigenvalue weighted by Gasteiger charge is 2.56. The van der Waals surface area contributed by atoms with Crippen LogP contribution in [0.3, 0.4) is 0 Å². The Bertz CT molecular complexity index is 652. The molecule has 130 valence electrons. The van der Waals surface area contributed by atoms with E-state index < -0.39 is 0 Å². The Kier molecular flexibility index (Phi) is 3.85. The molecule has 1 aromatic rings. The van der Waals surface area contributed by atoms with E-state index in [2.05, 4.69) is 25.1 Å². The highest BCUT2D eigenvalue weighted by Crippen LogP contribution is 2.61. The zero-order valence-electron chi connectivity index (χ0n) is 15.0. The maximum atomic E-state index is 11.5. The molecule has 5 unspecified atom stereocenters. The number of ether oxygens (including phenoxy) is 2. The summed E-state index contributed by atoms with van der Waals surface area (Å²) >= 11 is 0. The smallest absolute Gasteiger partial charge is 0.302 e. The molecular formula is C21H28O3. The van der Waals surface area contributed by atoms with Gasteiger partial charge in [0.1, 0.15) is 11.9 Å². The van der Waals surface area contributed by atoms with Crippen molar-refractivity contribution in [3.05, 3.63) is 29.3 Å². The van der Waals surface area contributed by atoms with Crippen molar-refractivity contribution in [1.82, 2.24) is 0 Å². The van der Waals surface area contributed by atoms with E-state index in [4.69, 9.17) is 9.47 Å². The van der Waals surface area contributed by atoms with Crippen LogP contribution in [-0.4, -0.2) is 19.2 Å². The summed E-state index contributed by atoms with van der Waals surface area (Å²) in [6.45, 7) is 3.92. The van der Waals surface area contributed by atoms with Crippen LogP contribution < -0.4 is 4.74 Å². The molecule has 4 rings (SSSR count). The van der Waals surface area contributed by atoms with Gasteiger partial charge in [-0.1, -0.05) is 13.0 Å². The fraction of sp³-hybridized carbons (Fsp3) is 0.667. The van der Waals surface area contributed by atoms with E-state index in [9.17, 15) is 4.79 Å². The fourth-order valence-electron chi connectivity index (χ4n) is 6.03. The first kappa shape index (κ1) is 16.0. The lowest BCUT2D eigenvalue weighted by Gasteiger charge is -2.50. The summed E-state index contributed by atoms with van der Waals surface area (Å²) in [6, 6.07) is 6.65. The number of methoxy groups -OCH3 is 1. The third-order valence-corrected chi connectivity index (χ3v) is 7.15. The second kappa shape index (κ2) is 5.79. The Labute approximate surface area is 144 Å². The van der Waals surface area contributed by atoms with Gasteiger partial charge in [0.05, 0.1) is 7.11 Å². The molecule has 0 saturated heterocycles. The van der Waals surface area contributed by atoms with E-state index in [1.165, 1.54) is 31.2 Å². The van der Waals surface area contributed by atoms with Crippen molar-refractivity contribution < 1.29 is 14.3 Å². The number of carbonyl (C=O) groups is 1. The maximum absolute atomic E-state index is 11.5. The molecule has 0 N–H and O–H groups in total. The second-order valence-electron chi connectivity index (χ2n) is 8.20. The molecule has 2 fully saturated rings. The van der Waals surface area contributed by atoms with Crippen molar-refractivity contribution in [1.29, 1.82) is 0 Å². The molecule has 24 heavy (non-hydrogen) atoms. The largest absolute Gasteiger partial charge is 0.497 e. The summed E-state index contributed by atoms with van der Waals surface area (Å²) in [5.74, 6) is 2.96. The minimum absolute atomic E-state index is 0.120. The van der Waals surface area contributed by atoms with E-state index in [1.54, 1.807) is 19.6 Å². The van der Waals surface area contributed by atoms with Crippen molar-refractivity contribution in [2.45, 2.75) is 64.4 Å². The zero-order chi connectivity index (χ0) is 16.9. The summed E-state index contributed by atoms with van der Waals surface area (Å²) in [6.07, 6.45) is 7.17. The van der Waals surface area contributed by atoms with Crippen LogP contribution in [0.5, 0.6) is 5.75 Å². The Morgan fingerprint density at radius 2 is 2.04 bits per heavy atom. The first-order valence-electron chi connectivity index (χ1n) is 9.37. The van der Waals surface area contributed by atoms with Gasteiger partial charge in [-0.25, -0.2) is 0 Å². The molecule has 2 saturated carbocycles. The summed E-state index contributed by atoms with van der Waals surface area (Å²) in [7, 11) is 1.74. The van der Waals surface area contributed by atoms with E-state index in [0.29, 0.717) is 11.8 Å². The van der Waals surface area contributed by atoms with Gasteiger partial charge in [-0.05, 0) is 79.5 Å². The van der Waals surface area contributed by atoms with Gasteiger partial charge in [0.15, 0.2) is 0 Å². The maximum Gasteiger partial charge on any atom is 0.302 e. The fourth-order valence-corrected chi connectivity index (χ4v) is 6.03. The Morgan fingerprint density at radius 3 is 2.79 bits per heavy atom. The van der Waals surface area contributed by atoms with Crippen LogP contribution in [-0.2, 0) is 16.0 Å². The van der Waals surface area contributed by atoms with Gasteiger partial charge in [0.25, 0.3) is 0 Å². The third-order valence-electron chi connectivity index (χ3n) is 7.15. The van der Waals surface area contributed by atoms with Crippen LogP contribution in [0, 0.1) is 17.3 Å². The van der Waals surface area contributed by atoms with Gasteiger partial charge in [-0.2, -0.15) is 0 Å². The summed E-state index contributed by atoms with van der Waals surface area (Å²) in [4.78, 5) is 11.5. The molecule has 1 aromatic carbocycles. The molecule has 0 bridgehead atoms. The average molecular weight is 328 g/mol. The molecule has 3 aliphatic rings. The molecule has 3 nitrogen and oxygen atoms in total. The van der Waals surface area contributed by atoms with Crippen molar-refractivity contribution in [2.24, 2.45) is 17.3 Å². The van der Waals surface area contributed by atoms with Crippen molar-refractivity contribution >= 4 is 5.97 Å². The monoisotopic (exact) mass is 328 g/mol. The number of rotatable bonds is 2. The molecule has 0 heterocycles. The number of hydrogen-bond acceptors (Lipinski definition) is 3. The van der Waals surface area contributed by atoms with Gasteiger partial charge < -0.3 is 9.47 Å². The molecule has 0 radical (unpaired) electrons. The quantitative estimate of drug-likeness (QED) is 0.751. The van der Waals surface area contributed by atoms with Gasteiger partial charge in [-0.3, -0.25) is 4.79 Å². The lowest BCUT2D eigenvalue weighted by molar-refractivity contribution is -0.154. The molecule has 0 aromatic heterocycles. The van der Waals surface area contributed by atoms with Gasteiger partial charge in [-0.15, -0.1) is 0 Å². The molecule has 0 aliphatic heterocycles. The van der Waals surface area contributed by atoms with Gasteiger partial charge in [0.2, 0.25) is 0 Å². The summed E-state index contributed by atoms with van der Waals surface area (Å²) in [5.41, 5.74) is 3.20. The third kappa shape index (κ3) is 2.35. The number of fused-ring (bicyclic) bond motifs is 5. The van der Waals surface area contributed by atoms with Crippen LogP contribution >= 0.6 is 0 Å². The Hall–Kier alpha value is -1.51. The predicted molar refractivity (Wildman–Crippen MR) is 93.2 cm³/mol. The lowest BCUT2D eigenvalue weighted by atomic mass is 9.55. The van der Waals surface area contributed by atoms with E-state index >= 15 is 0 Å². The van der Waals surface area contributed by atoms with E-state index in [1.807, 2.05) is 0 Å². The average Bonchev–Trinajstić information content (AvgIpc) is 2.90. The van der Waals surface area contributed by atoms with Crippen LogP contribution in [0.25, 0.3) is 0 Å². The minimum Gasteiger partial charge on any atom is -0.497 e. The van der Waals surface area contributed by atoms with Gasteiger partial charge in [0, 0.05) is 12.3 Å². The molecule has 0 amide bonds. The van der Waals surface area contributed by atoms with Crippen LogP contribution in [0.2, 0.25) is 0 Å². The highest BCUT2D eigenvalue weighted by molar-refractivity contribution is 5.66. The molecule has 0 spiro atoms. The molecular weight excluding hydrogens is 300 g/mol. The second-order valence-corrected chi connectivity index (χ2v) is 8.20. The van der Waals surface area contributed by atoms with Crippen molar-refractivity contribution in [2.75, 3.05) is 7.11 Å². The topological polar surface area (TPSA) is 35.5 Å². The SMILES string of the molecule is COc1ccc2c(c1)CCC1C2CCC2(C)C(OC(C)=O)CCC12. The predicted octanol–water partition coefficient (Wildman–Crippen LogP) is 4.48. The number of carbonyl (C=O) groups excluding carboxylic acids is 1. The highest BCUT2D eigenvalue weighted by atomic mass is 16.5. The summed E-state index contributed by atoms with van der Waals surface area (Å²) in [5, 5.41) is 0. The first-order chi connectivity index (χ1) is 11.5. The molecule has 3 aliphatic carbocycles. The first-order valence-corrected chi connectivity index (χ1v) is 9.37. The Morgan fingerprint density at radius 1 is 1.21 bits per heavy atom. The van der Waals surface area contributed by atoms with Crippen molar-refractivity contribution in [3.8, 4) is 5.75 Å². The standard InChI is InChI=1S/C21H28O3/c1-13(22)24-20-9-8-19-18-6-4-14-12-15(23-3)5-7-16(14)17(18)10-11-21(19,20)2/h5,7,12,17-20H,4,6,8-11H2,1-3H3. The van der Waals surface area contributed by atoms with E-state index in [0.717, 1.165) is 24.5 Å². The van der Waals surface area contributed by atoms with Crippen LogP contribution in [0.15, 0.2) is 18.2 Å². The number of benzene rings is 1. The van der Waals surface area contributed by atoms with Crippen molar-refractivity contribution in [3.63, 3.8) is 0 Å². The summed E-state index contributed by atoms with van der Waals surface area (Å²) < 4.78 is 11.1. The zero-order valence-corrected chi connectivity index (χ0v) is 15.0. The minimum atomic E-state index is -0.120. The van der Waals surface area contributed by atoms with Crippen LogP contribution in [0.4, 0.5) is 0 Å². The number of aryl methyl sites for hydroxylation is 1. The van der Waals surface area contributed by atoms with E-state index in [-0.39, 0.29) is 17.5 Å². The Balaban J connectivity index is 1.62. The number of hydrogen-bond donors (Lipinski definition) is 0. The normalized spacial score (nSPS) is 37.1. The molecule has 3 heteroatoms. The van der Waals surface area contributed by atoms with Crippen LogP contribution in [0.1, 0.15) is 63.0 Å². The number of esters is 1. The lowest BCUT2D eigenvalue weighted by Crippen LogP contribution is -2.45. The van der Waals surface area contributed by atoms with Gasteiger partial charge >= 0.3 is 5.97 Å². The molecule has 5 atom stereocenters.